The lowest BCUT2D eigenvalue weighted by atomic mass is 9.53. The van der Waals surface area contributed by atoms with Crippen LogP contribution < -0.4 is 5.32 Å². The first-order chi connectivity index (χ1) is 17.4. The van der Waals surface area contributed by atoms with Gasteiger partial charge in [-0.2, -0.15) is 0 Å². The number of nitrogens with zero attached hydrogens (tertiary/aromatic N) is 1. The maximum absolute atomic E-state index is 13.6. The first-order valence-corrected chi connectivity index (χ1v) is 14.2. The van der Waals surface area contributed by atoms with Crippen molar-refractivity contribution in [2.24, 2.45) is 23.2 Å². The molecule has 1 amide bonds. The number of thiazole rings is 1. The van der Waals surface area contributed by atoms with Gasteiger partial charge < -0.3 is 15.5 Å². The van der Waals surface area contributed by atoms with Crippen LogP contribution in [0, 0.1) is 30.1 Å². The molecule has 37 heavy (non-hydrogen) atoms. The molecule has 0 aliphatic heterocycles. The molecular weight excluding hydrogens is 484 g/mol. The van der Waals surface area contributed by atoms with Gasteiger partial charge in [-0.15, -0.1) is 11.3 Å². The molecule has 198 valence electrons. The van der Waals surface area contributed by atoms with E-state index in [9.17, 15) is 19.8 Å². The van der Waals surface area contributed by atoms with Crippen LogP contribution in [-0.2, 0) is 21.4 Å². The van der Waals surface area contributed by atoms with Crippen molar-refractivity contribution in [3.05, 3.63) is 51.7 Å². The molecule has 5 rings (SSSR count). The van der Waals surface area contributed by atoms with E-state index in [0.717, 1.165) is 42.4 Å². The van der Waals surface area contributed by atoms with E-state index in [1.165, 1.54) is 22.5 Å². The van der Waals surface area contributed by atoms with Crippen molar-refractivity contribution in [3.8, 4) is 5.75 Å². The zero-order valence-corrected chi connectivity index (χ0v) is 23.2. The molecule has 0 bridgehead atoms. The molecule has 1 aromatic carbocycles. The highest BCUT2D eigenvalue weighted by Gasteiger charge is 2.60. The van der Waals surface area contributed by atoms with Gasteiger partial charge in [0.25, 0.3) is 0 Å². The van der Waals surface area contributed by atoms with Crippen molar-refractivity contribution in [1.82, 2.24) is 4.98 Å². The van der Waals surface area contributed by atoms with Crippen molar-refractivity contribution in [3.63, 3.8) is 0 Å². The van der Waals surface area contributed by atoms with Crippen LogP contribution in [0.5, 0.6) is 5.75 Å². The lowest BCUT2D eigenvalue weighted by molar-refractivity contribution is -0.127. The summed E-state index contributed by atoms with van der Waals surface area (Å²) in [5, 5.41) is 24.4. The minimum absolute atomic E-state index is 0.0475. The van der Waals surface area contributed by atoms with Gasteiger partial charge in [0.2, 0.25) is 5.91 Å². The monoisotopic (exact) mass is 522 g/mol. The largest absolute Gasteiger partial charge is 0.515 e. The Morgan fingerprint density at radius 3 is 2.70 bits per heavy atom. The molecule has 0 radical (unpaired) electrons. The maximum Gasteiger partial charge on any atom is 0.226 e. The number of nitrogens with one attached hydrogen (secondary N) is 1. The van der Waals surface area contributed by atoms with Crippen LogP contribution in [0.1, 0.15) is 87.3 Å². The summed E-state index contributed by atoms with van der Waals surface area (Å²) in [5.74, 6) is 0.826. The van der Waals surface area contributed by atoms with Gasteiger partial charge in [-0.25, -0.2) is 4.98 Å². The van der Waals surface area contributed by atoms with Crippen molar-refractivity contribution in [2.45, 2.75) is 84.5 Å². The fraction of sp³-hybridized carbons (Fsp3) is 0.567. The molecule has 0 spiro atoms. The first-order valence-electron chi connectivity index (χ1n) is 13.4. The van der Waals surface area contributed by atoms with Gasteiger partial charge in [-0.3, -0.25) is 9.59 Å². The molecule has 3 unspecified atom stereocenters. The Hall–Kier alpha value is -2.67. The minimum atomic E-state index is -0.523. The number of Topliss-reactive ketones (excluding diaryl/α,β-unsaturated/α-hetero) is 1. The number of hydrogen-bond acceptors (Lipinski definition) is 6. The zero-order chi connectivity index (χ0) is 26.7. The number of benzene rings is 1. The van der Waals surface area contributed by atoms with Gasteiger partial charge in [-0.1, -0.05) is 33.8 Å². The predicted octanol–water partition coefficient (Wildman–Crippen LogP) is 6.58. The number of anilines is 1. The standard InChI is InChI=1S/C30H38N2O4S/c1-16-14-31-28(37-16)32-25(35)9-8-20-22(15-33)27(36)30(5)11-10-18-19(26(20)30)7-6-17-12-24(34)23(13-21(17)18)29(2,3)4/h12-15,18-20,26,33-34H,6-11H2,1-5H3,(H,31,32,35)/b22-15+/t18?,19?,20-,26?,30+/m1/s1. The van der Waals surface area contributed by atoms with Crippen LogP contribution in [0.2, 0.25) is 0 Å². The summed E-state index contributed by atoms with van der Waals surface area (Å²) in [6, 6.07) is 4.17. The Morgan fingerprint density at radius 1 is 1.30 bits per heavy atom. The second kappa shape index (κ2) is 9.26. The van der Waals surface area contributed by atoms with E-state index in [-0.39, 0.29) is 35.4 Å². The molecular formula is C30H38N2O4S. The van der Waals surface area contributed by atoms with Crippen LogP contribution in [0.15, 0.2) is 30.2 Å². The minimum Gasteiger partial charge on any atom is -0.515 e. The number of aromatic hydroxyl groups is 1. The Labute approximate surface area is 223 Å². The van der Waals surface area contributed by atoms with E-state index in [1.807, 2.05) is 13.0 Å². The average Bonchev–Trinajstić information content (AvgIpc) is 3.33. The number of fused-ring (bicyclic) bond motifs is 5. The zero-order valence-electron chi connectivity index (χ0n) is 22.4. The normalized spacial score (nSPS) is 30.1. The fourth-order valence-electron chi connectivity index (χ4n) is 7.53. The van der Waals surface area contributed by atoms with E-state index < -0.39 is 5.41 Å². The lowest BCUT2D eigenvalue weighted by Gasteiger charge is -2.50. The van der Waals surface area contributed by atoms with Crippen molar-refractivity contribution in [2.75, 3.05) is 5.32 Å². The van der Waals surface area contributed by atoms with Crippen LogP contribution in [-0.4, -0.2) is 26.9 Å². The van der Waals surface area contributed by atoms with Crippen LogP contribution in [0.3, 0.4) is 0 Å². The molecule has 7 heteroatoms. The third-order valence-electron chi connectivity index (χ3n) is 9.20. The lowest BCUT2D eigenvalue weighted by Crippen LogP contribution is -2.44. The highest BCUT2D eigenvalue weighted by Crippen LogP contribution is 2.63. The number of hydrogen-bond donors (Lipinski definition) is 3. The number of carbonyl (C=O) groups is 2. The molecule has 2 aromatic rings. The summed E-state index contributed by atoms with van der Waals surface area (Å²) in [6.45, 7) is 10.4. The second-order valence-electron chi connectivity index (χ2n) is 12.5. The Bertz CT molecular complexity index is 1270. The smallest absolute Gasteiger partial charge is 0.226 e. The number of rotatable bonds is 4. The second-order valence-corrected chi connectivity index (χ2v) is 13.7. The molecule has 3 aliphatic carbocycles. The summed E-state index contributed by atoms with van der Waals surface area (Å²) >= 11 is 1.44. The number of carbonyl (C=O) groups excluding carboxylic acids is 2. The number of aromatic nitrogens is 1. The van der Waals surface area contributed by atoms with Gasteiger partial charge in [0.1, 0.15) is 5.75 Å². The Balaban J connectivity index is 1.44. The Morgan fingerprint density at radius 2 is 2.05 bits per heavy atom. The summed E-state index contributed by atoms with van der Waals surface area (Å²) in [6.07, 6.45) is 7.04. The van der Waals surface area contributed by atoms with Crippen molar-refractivity contribution < 1.29 is 19.8 Å². The number of amides is 1. The SMILES string of the molecule is Cc1cnc(NC(=O)CC[C@@H]2/C(=C\O)C(=O)[C@@]3(C)CCC4c5cc(C(C)(C)C)c(O)cc5CCC4C23)s1. The number of allylic oxidation sites excluding steroid dienone is 1. The van der Waals surface area contributed by atoms with Gasteiger partial charge >= 0.3 is 0 Å². The van der Waals surface area contributed by atoms with E-state index in [4.69, 9.17) is 0 Å². The van der Waals surface area contributed by atoms with Gasteiger partial charge in [0.15, 0.2) is 10.9 Å². The third-order valence-corrected chi connectivity index (χ3v) is 10.0. The molecule has 2 fully saturated rings. The van der Waals surface area contributed by atoms with Crippen LogP contribution >= 0.6 is 11.3 Å². The molecule has 1 heterocycles. The highest BCUT2D eigenvalue weighted by atomic mass is 32.1. The number of aliphatic hydroxyl groups is 1. The first kappa shape index (κ1) is 26.0. The highest BCUT2D eigenvalue weighted by molar-refractivity contribution is 7.15. The van der Waals surface area contributed by atoms with Gasteiger partial charge in [0.05, 0.1) is 6.26 Å². The molecule has 2 saturated carbocycles. The predicted molar refractivity (Wildman–Crippen MR) is 146 cm³/mol. The molecule has 3 aliphatic rings. The molecule has 1 aromatic heterocycles. The maximum atomic E-state index is 13.6. The van der Waals surface area contributed by atoms with Crippen LogP contribution in [0.25, 0.3) is 0 Å². The van der Waals surface area contributed by atoms with Crippen molar-refractivity contribution in [1.29, 1.82) is 0 Å². The fourth-order valence-corrected chi connectivity index (χ4v) is 8.21. The van der Waals surface area contributed by atoms with E-state index in [1.54, 1.807) is 6.20 Å². The average molecular weight is 523 g/mol. The van der Waals surface area contributed by atoms with E-state index in [2.05, 4.69) is 44.1 Å². The summed E-state index contributed by atoms with van der Waals surface area (Å²) < 4.78 is 0. The van der Waals surface area contributed by atoms with Crippen molar-refractivity contribution >= 4 is 28.2 Å². The quantitative estimate of drug-likeness (QED) is 0.311. The number of phenols is 1. The number of phenolic OH excluding ortho intramolecular Hbond substituents is 1. The molecule has 5 atom stereocenters. The number of aliphatic hydroxyl groups excluding tert-OH is 1. The summed E-state index contributed by atoms with van der Waals surface area (Å²) in [4.78, 5) is 31.6. The van der Waals surface area contributed by atoms with Crippen LogP contribution in [0.4, 0.5) is 5.13 Å². The number of aryl methyl sites for hydroxylation is 2. The summed E-state index contributed by atoms with van der Waals surface area (Å²) in [5.41, 5.74) is 3.28. The van der Waals surface area contributed by atoms with E-state index >= 15 is 0 Å². The van der Waals surface area contributed by atoms with E-state index in [0.29, 0.717) is 34.7 Å². The Kier molecular flexibility index (Phi) is 6.50. The van der Waals surface area contributed by atoms with Gasteiger partial charge in [0, 0.05) is 28.5 Å². The summed E-state index contributed by atoms with van der Waals surface area (Å²) in [7, 11) is 0. The molecule has 6 nitrogen and oxygen atoms in total. The third kappa shape index (κ3) is 4.39. The van der Waals surface area contributed by atoms with Gasteiger partial charge in [-0.05, 0) is 90.9 Å². The molecule has 3 N–H and O–H groups in total. The number of ketones is 1. The molecule has 0 saturated heterocycles. The topological polar surface area (TPSA) is 99.5 Å².